The number of thiophene rings is 1. The van der Waals surface area contributed by atoms with Crippen molar-refractivity contribution >= 4 is 11.3 Å². The summed E-state index contributed by atoms with van der Waals surface area (Å²) in [4.78, 5) is 3.26. The van der Waals surface area contributed by atoms with Gasteiger partial charge in [-0.3, -0.25) is 0 Å². The zero-order chi connectivity index (χ0) is 9.60. The molecular weight excluding hydrogens is 190 g/mol. The van der Waals surface area contributed by atoms with E-state index in [1.807, 2.05) is 11.3 Å². The molecule has 1 fully saturated rings. The molecule has 1 heterocycles. The Balaban J connectivity index is 1.78. The van der Waals surface area contributed by atoms with Crippen LogP contribution in [0.1, 0.15) is 34.6 Å². The quantitative estimate of drug-likeness (QED) is 0.810. The molecule has 0 atom stereocenters. The van der Waals surface area contributed by atoms with Crippen molar-refractivity contribution in [1.29, 1.82) is 0 Å². The van der Waals surface area contributed by atoms with Crippen LogP contribution >= 0.6 is 11.3 Å². The summed E-state index contributed by atoms with van der Waals surface area (Å²) in [5.41, 5.74) is 7.96. The van der Waals surface area contributed by atoms with Gasteiger partial charge in [-0.2, -0.15) is 0 Å². The van der Waals surface area contributed by atoms with Crippen molar-refractivity contribution < 1.29 is 0 Å². The highest BCUT2D eigenvalue weighted by Crippen LogP contribution is 2.48. The fourth-order valence-electron chi connectivity index (χ4n) is 2.48. The molecule has 0 amide bonds. The van der Waals surface area contributed by atoms with Crippen LogP contribution in [-0.4, -0.2) is 6.54 Å². The second-order valence-corrected chi connectivity index (χ2v) is 6.12. The number of hydrogen-bond acceptors (Lipinski definition) is 2. The molecule has 14 heavy (non-hydrogen) atoms. The van der Waals surface area contributed by atoms with Crippen LogP contribution in [0.25, 0.3) is 0 Å². The Morgan fingerprint density at radius 2 is 2.21 bits per heavy atom. The zero-order valence-electron chi connectivity index (χ0n) is 8.51. The summed E-state index contributed by atoms with van der Waals surface area (Å²) in [6, 6.07) is 2.45. The Morgan fingerprint density at radius 3 is 2.86 bits per heavy atom. The molecule has 1 aromatic heterocycles. The Hall–Kier alpha value is -0.340. The van der Waals surface area contributed by atoms with Gasteiger partial charge >= 0.3 is 0 Å². The lowest BCUT2D eigenvalue weighted by molar-refractivity contribution is 0.525. The molecule has 0 saturated heterocycles. The maximum Gasteiger partial charge on any atom is 0.00802 e. The maximum atomic E-state index is 5.81. The van der Waals surface area contributed by atoms with Gasteiger partial charge in [0.15, 0.2) is 0 Å². The van der Waals surface area contributed by atoms with Crippen molar-refractivity contribution in [3.05, 3.63) is 21.4 Å². The van der Waals surface area contributed by atoms with E-state index in [2.05, 4.69) is 6.07 Å². The molecule has 76 valence electrons. The summed E-state index contributed by atoms with van der Waals surface area (Å²) < 4.78 is 0. The van der Waals surface area contributed by atoms with Crippen LogP contribution in [0.15, 0.2) is 6.07 Å². The lowest BCUT2D eigenvalue weighted by Gasteiger charge is -2.09. The lowest BCUT2D eigenvalue weighted by Crippen LogP contribution is -2.17. The first-order chi connectivity index (χ1) is 6.81. The molecule has 1 nitrogen and oxygen atoms in total. The molecule has 3 rings (SSSR count). The van der Waals surface area contributed by atoms with Gasteiger partial charge in [0.05, 0.1) is 0 Å². The van der Waals surface area contributed by atoms with Gasteiger partial charge in [0.2, 0.25) is 0 Å². The van der Waals surface area contributed by atoms with Crippen LogP contribution in [0.5, 0.6) is 0 Å². The minimum Gasteiger partial charge on any atom is -0.330 e. The normalized spacial score (nSPS) is 22.4. The van der Waals surface area contributed by atoms with Crippen LogP contribution in [0.4, 0.5) is 0 Å². The molecule has 0 unspecified atom stereocenters. The van der Waals surface area contributed by atoms with Crippen molar-refractivity contribution in [1.82, 2.24) is 0 Å². The molecule has 1 aromatic rings. The largest absolute Gasteiger partial charge is 0.330 e. The van der Waals surface area contributed by atoms with Gasteiger partial charge in [0, 0.05) is 9.75 Å². The molecule has 0 aliphatic heterocycles. The van der Waals surface area contributed by atoms with Gasteiger partial charge in [-0.25, -0.2) is 0 Å². The van der Waals surface area contributed by atoms with E-state index >= 15 is 0 Å². The Kier molecular flexibility index (Phi) is 1.96. The number of aryl methyl sites for hydroxylation is 2. The molecule has 0 aromatic carbocycles. The smallest absolute Gasteiger partial charge is 0.00802 e. The molecule has 1 saturated carbocycles. The SMILES string of the molecule is NCC1(Cc2cc3c(s2)CCC3)CC1. The van der Waals surface area contributed by atoms with Crippen LogP contribution in [0.2, 0.25) is 0 Å². The van der Waals surface area contributed by atoms with Gasteiger partial charge in [0.25, 0.3) is 0 Å². The highest BCUT2D eigenvalue weighted by atomic mass is 32.1. The second-order valence-electron chi connectivity index (χ2n) is 4.90. The van der Waals surface area contributed by atoms with Crippen molar-refractivity contribution in [2.45, 2.75) is 38.5 Å². The van der Waals surface area contributed by atoms with Gasteiger partial charge in [-0.05, 0) is 62.1 Å². The fraction of sp³-hybridized carbons (Fsp3) is 0.667. The van der Waals surface area contributed by atoms with Crippen LogP contribution in [0, 0.1) is 5.41 Å². The van der Waals surface area contributed by atoms with Crippen molar-refractivity contribution in [2.24, 2.45) is 11.1 Å². The van der Waals surface area contributed by atoms with Crippen LogP contribution in [0.3, 0.4) is 0 Å². The average molecular weight is 207 g/mol. The summed E-state index contributed by atoms with van der Waals surface area (Å²) in [6.07, 6.45) is 7.99. The van der Waals surface area contributed by atoms with Gasteiger partial charge in [-0.15, -0.1) is 11.3 Å². The molecule has 2 aliphatic rings. The predicted octanol–water partition coefficient (Wildman–Crippen LogP) is 2.52. The van der Waals surface area contributed by atoms with E-state index in [1.54, 1.807) is 15.3 Å². The molecule has 2 aliphatic carbocycles. The summed E-state index contributed by atoms with van der Waals surface area (Å²) in [5, 5.41) is 0. The Bertz CT molecular complexity index is 328. The minimum atomic E-state index is 0.512. The van der Waals surface area contributed by atoms with Crippen molar-refractivity contribution in [3.63, 3.8) is 0 Å². The van der Waals surface area contributed by atoms with Gasteiger partial charge in [-0.1, -0.05) is 0 Å². The number of fused-ring (bicyclic) bond motifs is 1. The first-order valence-electron chi connectivity index (χ1n) is 5.62. The molecule has 2 N–H and O–H groups in total. The van der Waals surface area contributed by atoms with Crippen LogP contribution in [-0.2, 0) is 19.3 Å². The van der Waals surface area contributed by atoms with Gasteiger partial charge in [0.1, 0.15) is 0 Å². The number of rotatable bonds is 3. The minimum absolute atomic E-state index is 0.512. The summed E-state index contributed by atoms with van der Waals surface area (Å²) in [7, 11) is 0. The molecular formula is C12H17NS. The third-order valence-electron chi connectivity index (χ3n) is 3.74. The van der Waals surface area contributed by atoms with Crippen molar-refractivity contribution in [2.75, 3.05) is 6.54 Å². The lowest BCUT2D eigenvalue weighted by atomic mass is 10.0. The van der Waals surface area contributed by atoms with E-state index in [0.717, 1.165) is 6.54 Å². The number of nitrogens with two attached hydrogens (primary N) is 1. The van der Waals surface area contributed by atoms with E-state index in [9.17, 15) is 0 Å². The van der Waals surface area contributed by atoms with E-state index in [-0.39, 0.29) is 0 Å². The highest BCUT2D eigenvalue weighted by Gasteiger charge is 2.41. The summed E-state index contributed by atoms with van der Waals surface area (Å²) in [5.74, 6) is 0. The summed E-state index contributed by atoms with van der Waals surface area (Å²) in [6.45, 7) is 0.884. The molecule has 2 heteroatoms. The second kappa shape index (κ2) is 3.07. The summed E-state index contributed by atoms with van der Waals surface area (Å²) >= 11 is 2.05. The fourth-order valence-corrected chi connectivity index (χ4v) is 3.91. The third kappa shape index (κ3) is 1.41. The molecule has 0 bridgehead atoms. The zero-order valence-corrected chi connectivity index (χ0v) is 9.33. The topological polar surface area (TPSA) is 26.0 Å². The highest BCUT2D eigenvalue weighted by molar-refractivity contribution is 7.12. The Labute approximate surface area is 89.3 Å². The van der Waals surface area contributed by atoms with E-state index in [1.165, 1.54) is 38.5 Å². The van der Waals surface area contributed by atoms with E-state index in [0.29, 0.717) is 5.41 Å². The van der Waals surface area contributed by atoms with Gasteiger partial charge < -0.3 is 5.73 Å². The molecule has 0 radical (unpaired) electrons. The standard InChI is InChI=1S/C12H17NS/c13-8-12(4-5-12)7-10-6-9-2-1-3-11(9)14-10/h6H,1-5,7-8,13H2. The first kappa shape index (κ1) is 8.93. The van der Waals surface area contributed by atoms with E-state index in [4.69, 9.17) is 5.73 Å². The monoisotopic (exact) mass is 207 g/mol. The average Bonchev–Trinajstić information content (AvgIpc) is 2.62. The third-order valence-corrected chi connectivity index (χ3v) is 4.97. The Morgan fingerprint density at radius 1 is 1.36 bits per heavy atom. The molecule has 0 spiro atoms. The van der Waals surface area contributed by atoms with Crippen LogP contribution < -0.4 is 5.73 Å². The number of hydrogen-bond donors (Lipinski definition) is 1. The first-order valence-corrected chi connectivity index (χ1v) is 6.44. The predicted molar refractivity (Wildman–Crippen MR) is 60.8 cm³/mol. The van der Waals surface area contributed by atoms with E-state index < -0.39 is 0 Å². The van der Waals surface area contributed by atoms with Crippen molar-refractivity contribution in [3.8, 4) is 0 Å². The maximum absolute atomic E-state index is 5.81.